The van der Waals surface area contributed by atoms with E-state index in [4.69, 9.17) is 5.73 Å². The molecule has 114 valence electrons. The summed E-state index contributed by atoms with van der Waals surface area (Å²) in [6.07, 6.45) is 12.3. The van der Waals surface area contributed by atoms with E-state index < -0.39 is 0 Å². The summed E-state index contributed by atoms with van der Waals surface area (Å²) in [4.78, 5) is 14.9. The summed E-state index contributed by atoms with van der Waals surface area (Å²) in [7, 11) is 2.04. The summed E-state index contributed by atoms with van der Waals surface area (Å²) in [6, 6.07) is 0.875. The average Bonchev–Trinajstić information content (AvgIpc) is 2.46. The highest BCUT2D eigenvalue weighted by Gasteiger charge is 2.41. The molecule has 1 amide bonds. The molecule has 0 spiro atoms. The molecule has 0 heterocycles. The van der Waals surface area contributed by atoms with Gasteiger partial charge in [0.2, 0.25) is 5.91 Å². The smallest absolute Gasteiger partial charge is 0.225 e. The van der Waals surface area contributed by atoms with Crippen molar-refractivity contribution in [1.82, 2.24) is 4.90 Å². The highest BCUT2D eigenvalue weighted by Crippen LogP contribution is 2.42. The number of hydrogen-bond donors (Lipinski definition) is 1. The van der Waals surface area contributed by atoms with Crippen LogP contribution in [0.3, 0.4) is 0 Å². The van der Waals surface area contributed by atoms with Gasteiger partial charge in [0.25, 0.3) is 0 Å². The first kappa shape index (κ1) is 14.4. The van der Waals surface area contributed by atoms with E-state index >= 15 is 0 Å². The van der Waals surface area contributed by atoms with Crippen molar-refractivity contribution < 1.29 is 4.79 Å². The predicted molar refractivity (Wildman–Crippen MR) is 81.2 cm³/mol. The van der Waals surface area contributed by atoms with Crippen molar-refractivity contribution in [2.45, 2.75) is 76.3 Å². The Kier molecular flexibility index (Phi) is 4.34. The van der Waals surface area contributed by atoms with Gasteiger partial charge in [0.1, 0.15) is 0 Å². The number of nitrogens with zero attached hydrogens (tertiary/aromatic N) is 1. The Bertz CT molecular complexity index is 337. The van der Waals surface area contributed by atoms with E-state index in [2.05, 4.69) is 4.90 Å². The summed E-state index contributed by atoms with van der Waals surface area (Å²) in [5.41, 5.74) is 6.34. The summed E-state index contributed by atoms with van der Waals surface area (Å²) in [5, 5.41) is 0. The van der Waals surface area contributed by atoms with Gasteiger partial charge in [0.05, 0.1) is 0 Å². The number of carbonyl (C=O) groups excluding carboxylic acids is 1. The van der Waals surface area contributed by atoms with Gasteiger partial charge >= 0.3 is 0 Å². The van der Waals surface area contributed by atoms with Gasteiger partial charge < -0.3 is 10.6 Å². The number of carbonyl (C=O) groups is 1. The normalized spacial score (nSPS) is 38.5. The van der Waals surface area contributed by atoms with Gasteiger partial charge in [-0.05, 0) is 50.4 Å². The lowest BCUT2D eigenvalue weighted by Crippen LogP contribution is -2.50. The lowest BCUT2D eigenvalue weighted by atomic mass is 9.65. The molecule has 0 saturated heterocycles. The summed E-state index contributed by atoms with van der Waals surface area (Å²) >= 11 is 0. The number of fused-ring (bicyclic) bond motifs is 2. The molecule has 3 nitrogen and oxygen atoms in total. The fourth-order valence-electron chi connectivity index (χ4n) is 4.93. The van der Waals surface area contributed by atoms with Crippen LogP contribution in [0.25, 0.3) is 0 Å². The maximum Gasteiger partial charge on any atom is 0.225 e. The second kappa shape index (κ2) is 6.05. The van der Waals surface area contributed by atoms with Crippen LogP contribution < -0.4 is 5.73 Å². The molecule has 2 unspecified atom stereocenters. The SMILES string of the molecule is CN(C(=O)C1CC2CCCC(C1)C2N)C1CCCCC1. The zero-order chi connectivity index (χ0) is 14.1. The standard InChI is InChI=1S/C17H30N2O/c1-19(15-8-3-2-4-9-15)17(20)14-10-12-6-5-7-13(11-14)16(12)18/h12-16H,2-11,18H2,1H3. The second-order valence-electron chi connectivity index (χ2n) is 7.44. The van der Waals surface area contributed by atoms with Crippen LogP contribution in [0.2, 0.25) is 0 Å². The first-order valence-electron chi connectivity index (χ1n) is 8.69. The monoisotopic (exact) mass is 278 g/mol. The fourth-order valence-corrected chi connectivity index (χ4v) is 4.93. The lowest BCUT2D eigenvalue weighted by Gasteiger charge is -2.45. The quantitative estimate of drug-likeness (QED) is 0.844. The van der Waals surface area contributed by atoms with E-state index in [1.54, 1.807) is 0 Å². The maximum atomic E-state index is 12.8. The maximum absolute atomic E-state index is 12.8. The third-order valence-corrected chi connectivity index (χ3v) is 6.23. The van der Waals surface area contributed by atoms with E-state index in [9.17, 15) is 4.79 Å². The molecule has 0 aromatic carbocycles. The lowest BCUT2D eigenvalue weighted by molar-refractivity contribution is -0.140. The molecule has 0 aliphatic heterocycles. The predicted octanol–water partition coefficient (Wildman–Crippen LogP) is 2.93. The molecule has 3 rings (SSSR count). The highest BCUT2D eigenvalue weighted by atomic mass is 16.2. The molecule has 3 fully saturated rings. The highest BCUT2D eigenvalue weighted by molar-refractivity contribution is 5.79. The zero-order valence-corrected chi connectivity index (χ0v) is 12.9. The number of amides is 1. The van der Waals surface area contributed by atoms with Crippen LogP contribution in [0.5, 0.6) is 0 Å². The molecule has 3 saturated carbocycles. The van der Waals surface area contributed by atoms with E-state index in [0.717, 1.165) is 12.8 Å². The number of rotatable bonds is 2. The third kappa shape index (κ3) is 2.74. The van der Waals surface area contributed by atoms with E-state index in [0.29, 0.717) is 29.8 Å². The minimum atomic E-state index is 0.261. The summed E-state index contributed by atoms with van der Waals surface area (Å²) in [6.45, 7) is 0. The van der Waals surface area contributed by atoms with Crippen LogP contribution in [-0.2, 0) is 4.79 Å². The molecular weight excluding hydrogens is 248 g/mol. The Morgan fingerprint density at radius 2 is 1.55 bits per heavy atom. The van der Waals surface area contributed by atoms with Gasteiger partial charge in [-0.3, -0.25) is 4.79 Å². The Labute approximate surface area is 123 Å². The molecule has 0 aromatic rings. The van der Waals surface area contributed by atoms with Gasteiger partial charge in [-0.25, -0.2) is 0 Å². The fraction of sp³-hybridized carbons (Fsp3) is 0.941. The zero-order valence-electron chi connectivity index (χ0n) is 12.9. The molecular formula is C17H30N2O. The first-order chi connectivity index (χ1) is 9.66. The van der Waals surface area contributed by atoms with Gasteiger partial charge in [0.15, 0.2) is 0 Å². The van der Waals surface area contributed by atoms with Crippen LogP contribution in [0, 0.1) is 17.8 Å². The molecule has 2 atom stereocenters. The molecule has 20 heavy (non-hydrogen) atoms. The topological polar surface area (TPSA) is 46.3 Å². The number of nitrogens with two attached hydrogens (primary N) is 1. The van der Waals surface area contributed by atoms with Crippen LogP contribution in [0.1, 0.15) is 64.2 Å². The van der Waals surface area contributed by atoms with Crippen LogP contribution in [0.4, 0.5) is 0 Å². The molecule has 2 bridgehead atoms. The number of hydrogen-bond acceptors (Lipinski definition) is 2. The minimum Gasteiger partial charge on any atom is -0.343 e. The summed E-state index contributed by atoms with van der Waals surface area (Å²) in [5.74, 6) is 1.89. The first-order valence-corrected chi connectivity index (χ1v) is 8.69. The van der Waals surface area contributed by atoms with Gasteiger partial charge in [0, 0.05) is 25.0 Å². The third-order valence-electron chi connectivity index (χ3n) is 6.23. The van der Waals surface area contributed by atoms with Gasteiger partial charge in [-0.1, -0.05) is 25.7 Å². The molecule has 3 aliphatic carbocycles. The van der Waals surface area contributed by atoms with E-state index in [-0.39, 0.29) is 5.92 Å². The second-order valence-corrected chi connectivity index (χ2v) is 7.44. The van der Waals surface area contributed by atoms with Crippen LogP contribution in [-0.4, -0.2) is 29.9 Å². The van der Waals surface area contributed by atoms with Crippen molar-refractivity contribution in [2.75, 3.05) is 7.05 Å². The van der Waals surface area contributed by atoms with Crippen molar-refractivity contribution >= 4 is 5.91 Å². The molecule has 2 N–H and O–H groups in total. The largest absolute Gasteiger partial charge is 0.343 e. The average molecular weight is 278 g/mol. The Hall–Kier alpha value is -0.570. The molecule has 3 aliphatic rings. The van der Waals surface area contributed by atoms with Crippen LogP contribution >= 0.6 is 0 Å². The van der Waals surface area contributed by atoms with Crippen LogP contribution in [0.15, 0.2) is 0 Å². The van der Waals surface area contributed by atoms with Crippen molar-refractivity contribution in [3.8, 4) is 0 Å². The van der Waals surface area contributed by atoms with Gasteiger partial charge in [-0.2, -0.15) is 0 Å². The van der Waals surface area contributed by atoms with Crippen molar-refractivity contribution in [2.24, 2.45) is 23.5 Å². The Morgan fingerprint density at radius 3 is 2.15 bits per heavy atom. The van der Waals surface area contributed by atoms with Gasteiger partial charge in [-0.15, -0.1) is 0 Å². The van der Waals surface area contributed by atoms with Crippen molar-refractivity contribution in [1.29, 1.82) is 0 Å². The molecule has 3 heteroatoms. The molecule has 0 aromatic heterocycles. The van der Waals surface area contributed by atoms with Crippen molar-refractivity contribution in [3.05, 3.63) is 0 Å². The van der Waals surface area contributed by atoms with Crippen molar-refractivity contribution in [3.63, 3.8) is 0 Å². The van der Waals surface area contributed by atoms with E-state index in [1.165, 1.54) is 51.4 Å². The minimum absolute atomic E-state index is 0.261. The van der Waals surface area contributed by atoms with E-state index in [1.807, 2.05) is 7.05 Å². The molecule has 0 radical (unpaired) electrons. The Balaban J connectivity index is 1.62. The Morgan fingerprint density at radius 1 is 0.950 bits per heavy atom. The summed E-state index contributed by atoms with van der Waals surface area (Å²) < 4.78 is 0.